The monoisotopic (exact) mass is 522 g/mol. The molecule has 0 radical (unpaired) electrons. The number of aryl methyl sites for hydroxylation is 1. The van der Waals surface area contributed by atoms with Crippen molar-refractivity contribution in [3.8, 4) is 0 Å². The molecule has 0 spiro atoms. The van der Waals surface area contributed by atoms with Gasteiger partial charge in [-0.3, -0.25) is 9.10 Å². The van der Waals surface area contributed by atoms with E-state index in [1.54, 1.807) is 25.1 Å². The molecule has 1 amide bonds. The van der Waals surface area contributed by atoms with Crippen LogP contribution >= 0.6 is 0 Å². The summed E-state index contributed by atoms with van der Waals surface area (Å²) in [6.45, 7) is 1.30. The molecule has 0 fully saturated rings. The Bertz CT molecular complexity index is 1450. The zero-order valence-electron chi connectivity index (χ0n) is 19.3. The van der Waals surface area contributed by atoms with Gasteiger partial charge in [0, 0.05) is 24.6 Å². The normalized spacial score (nSPS) is 13.2. The van der Waals surface area contributed by atoms with E-state index >= 15 is 0 Å². The largest absolute Gasteiger partial charge is 0.421 e. The first-order valence-corrected chi connectivity index (χ1v) is 12.3. The van der Waals surface area contributed by atoms with Gasteiger partial charge in [0.25, 0.3) is 0 Å². The minimum Gasteiger partial charge on any atom is -0.364 e. The molecule has 0 bridgehead atoms. The van der Waals surface area contributed by atoms with E-state index in [0.717, 1.165) is 16.1 Å². The smallest absolute Gasteiger partial charge is 0.364 e. The number of hydrogen-bond acceptors (Lipinski definition) is 9. The molecular weight excluding hydrogens is 501 g/mol. The van der Waals surface area contributed by atoms with E-state index in [9.17, 15) is 26.4 Å². The summed E-state index contributed by atoms with van der Waals surface area (Å²) < 4.78 is 65.9. The Balaban J connectivity index is 1.63. The molecule has 36 heavy (non-hydrogen) atoms. The first-order valence-electron chi connectivity index (χ1n) is 10.5. The summed E-state index contributed by atoms with van der Waals surface area (Å²) >= 11 is 0. The third-order valence-electron chi connectivity index (χ3n) is 5.31. The zero-order valence-corrected chi connectivity index (χ0v) is 20.1. The van der Waals surface area contributed by atoms with Crippen molar-refractivity contribution in [2.45, 2.75) is 26.1 Å². The van der Waals surface area contributed by atoms with Crippen LogP contribution in [0.5, 0.6) is 0 Å². The van der Waals surface area contributed by atoms with E-state index in [0.29, 0.717) is 23.4 Å². The number of alkyl halides is 3. The maximum Gasteiger partial charge on any atom is 0.421 e. The molecule has 2 aromatic heterocycles. The van der Waals surface area contributed by atoms with Gasteiger partial charge in [0.2, 0.25) is 21.9 Å². The molecule has 0 unspecified atom stereocenters. The number of halogens is 3. The summed E-state index contributed by atoms with van der Waals surface area (Å²) in [4.78, 5) is 27.5. The van der Waals surface area contributed by atoms with Crippen LogP contribution in [0.25, 0.3) is 0 Å². The number of sulfonamides is 1. The number of amides is 1. The van der Waals surface area contributed by atoms with E-state index in [1.165, 1.54) is 13.2 Å². The molecule has 1 aliphatic heterocycles. The second-order valence-electron chi connectivity index (χ2n) is 8.01. The molecule has 4 rings (SSSR count). The van der Waals surface area contributed by atoms with E-state index in [2.05, 4.69) is 35.9 Å². The molecule has 15 heteroatoms. The van der Waals surface area contributed by atoms with E-state index in [4.69, 9.17) is 0 Å². The molecule has 0 saturated carbocycles. The third kappa shape index (κ3) is 5.45. The van der Waals surface area contributed by atoms with Gasteiger partial charge in [-0.15, -0.1) is 0 Å². The molecule has 1 aliphatic rings. The molecule has 1 aromatic carbocycles. The van der Waals surface area contributed by atoms with Crippen LogP contribution in [0.15, 0.2) is 30.6 Å². The maximum absolute atomic E-state index is 13.7. The van der Waals surface area contributed by atoms with Crippen molar-refractivity contribution in [2.24, 2.45) is 0 Å². The molecular formula is C21H21F3N8O3S. The molecule has 0 saturated heterocycles. The fraction of sp³-hybridized carbons (Fsp3) is 0.286. The number of fused-ring (bicyclic) bond motifs is 1. The highest BCUT2D eigenvalue weighted by Crippen LogP contribution is 2.35. The van der Waals surface area contributed by atoms with Gasteiger partial charge in [-0.25, -0.2) is 23.4 Å². The van der Waals surface area contributed by atoms with Gasteiger partial charge in [0.1, 0.15) is 17.2 Å². The van der Waals surface area contributed by atoms with Gasteiger partial charge in [0.05, 0.1) is 36.8 Å². The van der Waals surface area contributed by atoms with E-state index in [1.807, 2.05) is 0 Å². The SMILES string of the molecule is Cc1ncc(N(C)S(C)(=O)=O)c(CNc2nc(Nc3ccc4c(c3)CC(=O)N4)ncc2C(F)(F)F)n1. The Morgan fingerprint density at radius 3 is 2.61 bits per heavy atom. The number of hydrogen-bond donors (Lipinski definition) is 3. The first kappa shape index (κ1) is 25.1. The van der Waals surface area contributed by atoms with Crippen LogP contribution in [0.1, 0.15) is 22.6 Å². The highest BCUT2D eigenvalue weighted by Gasteiger charge is 2.35. The highest BCUT2D eigenvalue weighted by atomic mass is 32.2. The highest BCUT2D eigenvalue weighted by molar-refractivity contribution is 7.92. The molecule has 190 valence electrons. The summed E-state index contributed by atoms with van der Waals surface area (Å²) in [5, 5.41) is 8.14. The maximum atomic E-state index is 13.7. The fourth-order valence-corrected chi connectivity index (χ4v) is 3.98. The average Bonchev–Trinajstić information content (AvgIpc) is 3.15. The summed E-state index contributed by atoms with van der Waals surface area (Å²) in [6.07, 6.45) is -1.65. The van der Waals surface area contributed by atoms with E-state index in [-0.39, 0.29) is 36.2 Å². The van der Waals surface area contributed by atoms with Crippen LogP contribution in [0.2, 0.25) is 0 Å². The number of aromatic nitrogens is 4. The molecule has 11 nitrogen and oxygen atoms in total. The van der Waals surface area contributed by atoms with Crippen LogP contribution in [-0.4, -0.2) is 47.6 Å². The summed E-state index contributed by atoms with van der Waals surface area (Å²) in [5.41, 5.74) is 1.04. The van der Waals surface area contributed by atoms with Gasteiger partial charge in [-0.2, -0.15) is 18.2 Å². The van der Waals surface area contributed by atoms with Gasteiger partial charge in [-0.05, 0) is 30.7 Å². The van der Waals surface area contributed by atoms with Crippen LogP contribution in [0.3, 0.4) is 0 Å². The molecule has 3 heterocycles. The Kier molecular flexibility index (Phi) is 6.43. The van der Waals surface area contributed by atoms with Crippen LogP contribution in [0.4, 0.5) is 42.0 Å². The standard InChI is InChI=1S/C21H21F3N8O3S/c1-11-25-10-17(32(2)36(3,34)35)16(28-11)9-26-19-14(21(22,23)24)8-27-20(31-19)29-13-4-5-15-12(6-13)7-18(33)30-15/h4-6,8,10H,7,9H2,1-3H3,(H,30,33)(H2,26,27,29,31). The Morgan fingerprint density at radius 1 is 1.17 bits per heavy atom. The van der Waals surface area contributed by atoms with Gasteiger partial charge < -0.3 is 16.0 Å². The summed E-state index contributed by atoms with van der Waals surface area (Å²) in [7, 11) is -2.38. The lowest BCUT2D eigenvalue weighted by atomic mass is 10.1. The van der Waals surface area contributed by atoms with Crippen LogP contribution in [0, 0.1) is 6.92 Å². The van der Waals surface area contributed by atoms with Crippen molar-refractivity contribution in [1.29, 1.82) is 0 Å². The number of anilines is 5. The minimum absolute atomic E-state index is 0.109. The number of benzene rings is 1. The lowest BCUT2D eigenvalue weighted by Crippen LogP contribution is -2.27. The van der Waals surface area contributed by atoms with Gasteiger partial charge in [-0.1, -0.05) is 0 Å². The predicted octanol–water partition coefficient (Wildman–Crippen LogP) is 2.84. The van der Waals surface area contributed by atoms with Crippen molar-refractivity contribution in [2.75, 3.05) is 33.6 Å². The van der Waals surface area contributed by atoms with Gasteiger partial charge in [0.15, 0.2) is 0 Å². The quantitative estimate of drug-likeness (QED) is 0.427. The number of carbonyl (C=O) groups is 1. The molecule has 3 N–H and O–H groups in total. The molecule has 0 aliphatic carbocycles. The predicted molar refractivity (Wildman–Crippen MR) is 126 cm³/mol. The third-order valence-corrected chi connectivity index (χ3v) is 6.50. The van der Waals surface area contributed by atoms with Crippen molar-refractivity contribution in [1.82, 2.24) is 19.9 Å². The second kappa shape index (κ2) is 9.22. The lowest BCUT2D eigenvalue weighted by molar-refractivity contribution is -0.137. The van der Waals surface area contributed by atoms with Crippen molar-refractivity contribution in [3.05, 3.63) is 53.2 Å². The summed E-state index contributed by atoms with van der Waals surface area (Å²) in [5.74, 6) is -0.485. The second-order valence-corrected chi connectivity index (χ2v) is 10.0. The number of nitrogens with one attached hydrogen (secondary N) is 3. The van der Waals surface area contributed by atoms with Crippen molar-refractivity contribution in [3.63, 3.8) is 0 Å². The topological polar surface area (TPSA) is 142 Å². The zero-order chi connectivity index (χ0) is 26.3. The first-order chi connectivity index (χ1) is 16.8. The average molecular weight is 523 g/mol. The molecule has 3 aromatic rings. The molecule has 0 atom stereocenters. The fourth-order valence-electron chi connectivity index (χ4n) is 3.47. The number of carbonyl (C=O) groups excluding carboxylic acids is 1. The Labute approximate surface area is 204 Å². The van der Waals surface area contributed by atoms with Crippen molar-refractivity contribution >= 4 is 44.8 Å². The Hall–Kier alpha value is -4.01. The number of rotatable bonds is 7. The summed E-state index contributed by atoms with van der Waals surface area (Å²) in [6, 6.07) is 4.98. The number of nitrogens with zero attached hydrogens (tertiary/aromatic N) is 5. The van der Waals surface area contributed by atoms with Crippen molar-refractivity contribution < 1.29 is 26.4 Å². The van der Waals surface area contributed by atoms with Crippen LogP contribution < -0.4 is 20.3 Å². The van der Waals surface area contributed by atoms with E-state index < -0.39 is 27.6 Å². The van der Waals surface area contributed by atoms with Crippen LogP contribution in [-0.2, 0) is 34.0 Å². The van der Waals surface area contributed by atoms with Gasteiger partial charge >= 0.3 is 6.18 Å². The minimum atomic E-state index is -4.76. The lowest BCUT2D eigenvalue weighted by Gasteiger charge is -2.20. The Morgan fingerprint density at radius 2 is 1.92 bits per heavy atom.